The van der Waals surface area contributed by atoms with Crippen LogP contribution in [0.5, 0.6) is 5.75 Å². The zero-order chi connectivity index (χ0) is 13.4. The largest absolute Gasteiger partial charge is 0.494 e. The monoisotopic (exact) mass is 252 g/mol. The number of carbonyl (C=O) groups excluding carboxylic acids is 1. The third-order valence-electron chi connectivity index (χ3n) is 2.48. The maximum atomic E-state index is 11.3. The second kappa shape index (κ2) is 7.68. The third kappa shape index (κ3) is 4.35. The van der Waals surface area contributed by atoms with Gasteiger partial charge in [0.15, 0.2) is 0 Å². The molecule has 1 atom stereocenters. The lowest BCUT2D eigenvalue weighted by Crippen LogP contribution is -2.42. The van der Waals surface area contributed by atoms with Gasteiger partial charge in [0, 0.05) is 13.1 Å². The smallest absolute Gasteiger partial charge is 0.324 e. The predicted molar refractivity (Wildman–Crippen MR) is 69.3 cm³/mol. The molecule has 0 bridgehead atoms. The summed E-state index contributed by atoms with van der Waals surface area (Å²) in [5, 5.41) is 3.05. The lowest BCUT2D eigenvalue weighted by Gasteiger charge is -2.14. The number of nitrogens with two attached hydrogens (primary N) is 1. The van der Waals surface area contributed by atoms with Gasteiger partial charge in [-0.05, 0) is 24.6 Å². The lowest BCUT2D eigenvalue weighted by atomic mass is 10.2. The van der Waals surface area contributed by atoms with Gasteiger partial charge in [-0.25, -0.2) is 0 Å². The van der Waals surface area contributed by atoms with E-state index >= 15 is 0 Å². The number of hydrogen-bond donors (Lipinski definition) is 2. The van der Waals surface area contributed by atoms with Crippen molar-refractivity contribution in [3.8, 4) is 5.75 Å². The first-order valence-corrected chi connectivity index (χ1v) is 5.94. The van der Waals surface area contributed by atoms with E-state index in [1.165, 1.54) is 7.11 Å². The van der Waals surface area contributed by atoms with Gasteiger partial charge < -0.3 is 15.2 Å². The van der Waals surface area contributed by atoms with Crippen LogP contribution in [0.15, 0.2) is 24.3 Å². The minimum Gasteiger partial charge on any atom is -0.494 e. The van der Waals surface area contributed by atoms with Crippen LogP contribution in [0.3, 0.4) is 0 Å². The van der Waals surface area contributed by atoms with Gasteiger partial charge in [-0.1, -0.05) is 12.1 Å². The average molecular weight is 252 g/mol. The van der Waals surface area contributed by atoms with Crippen molar-refractivity contribution >= 4 is 5.97 Å². The van der Waals surface area contributed by atoms with Crippen LogP contribution in [0.25, 0.3) is 0 Å². The predicted octanol–water partition coefficient (Wildman–Crippen LogP) is 0.675. The van der Waals surface area contributed by atoms with E-state index < -0.39 is 6.04 Å². The Bertz CT molecular complexity index is 382. The Balaban J connectivity index is 2.56. The molecule has 0 radical (unpaired) electrons. The highest BCUT2D eigenvalue weighted by Gasteiger charge is 2.16. The first-order valence-electron chi connectivity index (χ1n) is 5.94. The molecule has 5 heteroatoms. The molecule has 1 aromatic rings. The van der Waals surface area contributed by atoms with Crippen LogP contribution in [-0.4, -0.2) is 32.3 Å². The van der Waals surface area contributed by atoms with Crippen LogP contribution in [0, 0.1) is 0 Å². The average Bonchev–Trinajstić information content (AvgIpc) is 2.40. The highest BCUT2D eigenvalue weighted by atomic mass is 16.5. The molecule has 1 rings (SSSR count). The summed E-state index contributed by atoms with van der Waals surface area (Å²) in [4.78, 5) is 11.3. The van der Waals surface area contributed by atoms with E-state index in [0.29, 0.717) is 13.2 Å². The summed E-state index contributed by atoms with van der Waals surface area (Å²) < 4.78 is 10.1. The molecule has 0 aliphatic carbocycles. The van der Waals surface area contributed by atoms with E-state index in [2.05, 4.69) is 10.1 Å². The van der Waals surface area contributed by atoms with E-state index in [-0.39, 0.29) is 12.5 Å². The number of esters is 1. The Morgan fingerprint density at radius 3 is 2.89 bits per heavy atom. The van der Waals surface area contributed by atoms with Gasteiger partial charge >= 0.3 is 5.97 Å². The molecule has 0 saturated carbocycles. The summed E-state index contributed by atoms with van der Waals surface area (Å²) in [7, 11) is 1.35. The van der Waals surface area contributed by atoms with Crippen molar-refractivity contribution in [2.24, 2.45) is 5.73 Å². The standard InChI is InChI=1S/C13H20N2O3/c1-3-18-11-6-4-5-10(7-11)9-15-12(8-14)13(16)17-2/h4-7,12,15H,3,8-9,14H2,1-2H3. The molecule has 1 aromatic carbocycles. The topological polar surface area (TPSA) is 73.6 Å². The van der Waals surface area contributed by atoms with Crippen molar-refractivity contribution in [2.45, 2.75) is 19.5 Å². The third-order valence-corrected chi connectivity index (χ3v) is 2.48. The molecule has 100 valence electrons. The second-order valence-corrected chi connectivity index (χ2v) is 3.77. The number of benzene rings is 1. The van der Waals surface area contributed by atoms with E-state index in [4.69, 9.17) is 10.5 Å². The van der Waals surface area contributed by atoms with Crippen molar-refractivity contribution in [2.75, 3.05) is 20.3 Å². The van der Waals surface area contributed by atoms with Crippen LogP contribution in [0.1, 0.15) is 12.5 Å². The Morgan fingerprint density at radius 1 is 1.50 bits per heavy atom. The van der Waals surface area contributed by atoms with Gasteiger partial charge in [-0.15, -0.1) is 0 Å². The van der Waals surface area contributed by atoms with E-state index in [0.717, 1.165) is 11.3 Å². The molecular formula is C13H20N2O3. The first kappa shape index (κ1) is 14.5. The Labute approximate surface area is 107 Å². The van der Waals surface area contributed by atoms with Crippen molar-refractivity contribution in [1.82, 2.24) is 5.32 Å². The van der Waals surface area contributed by atoms with Crippen LogP contribution in [0.2, 0.25) is 0 Å². The van der Waals surface area contributed by atoms with Crippen LogP contribution >= 0.6 is 0 Å². The minimum atomic E-state index is -0.481. The summed E-state index contributed by atoms with van der Waals surface area (Å²) in [6.45, 7) is 3.31. The fourth-order valence-electron chi connectivity index (χ4n) is 1.56. The van der Waals surface area contributed by atoms with Gasteiger partial charge in [0.2, 0.25) is 0 Å². The number of ether oxygens (including phenoxy) is 2. The summed E-state index contributed by atoms with van der Waals surface area (Å²) in [5.74, 6) is 0.470. The Kier molecular flexibility index (Phi) is 6.18. The number of methoxy groups -OCH3 is 1. The lowest BCUT2D eigenvalue weighted by molar-refractivity contribution is -0.142. The van der Waals surface area contributed by atoms with E-state index in [1.54, 1.807) is 0 Å². The summed E-state index contributed by atoms with van der Waals surface area (Å²) in [5.41, 5.74) is 6.53. The van der Waals surface area contributed by atoms with Crippen molar-refractivity contribution in [3.05, 3.63) is 29.8 Å². The van der Waals surface area contributed by atoms with Crippen LogP contribution in [0.4, 0.5) is 0 Å². The molecule has 0 aliphatic heterocycles. The second-order valence-electron chi connectivity index (χ2n) is 3.77. The molecule has 3 N–H and O–H groups in total. The number of hydrogen-bond acceptors (Lipinski definition) is 5. The highest BCUT2D eigenvalue weighted by molar-refractivity contribution is 5.75. The molecule has 0 fully saturated rings. The molecule has 0 saturated heterocycles. The molecule has 0 amide bonds. The zero-order valence-electron chi connectivity index (χ0n) is 10.8. The van der Waals surface area contributed by atoms with Gasteiger partial charge in [0.1, 0.15) is 11.8 Å². The summed E-state index contributed by atoms with van der Waals surface area (Å²) in [6.07, 6.45) is 0. The fraction of sp³-hybridized carbons (Fsp3) is 0.462. The molecule has 0 spiro atoms. The molecule has 18 heavy (non-hydrogen) atoms. The normalized spacial score (nSPS) is 11.9. The molecule has 1 unspecified atom stereocenters. The minimum absolute atomic E-state index is 0.206. The van der Waals surface area contributed by atoms with Crippen LogP contribution < -0.4 is 15.8 Å². The van der Waals surface area contributed by atoms with E-state index in [9.17, 15) is 4.79 Å². The summed E-state index contributed by atoms with van der Waals surface area (Å²) in [6, 6.07) is 7.22. The van der Waals surface area contributed by atoms with Crippen LogP contribution in [-0.2, 0) is 16.1 Å². The van der Waals surface area contributed by atoms with E-state index in [1.807, 2.05) is 31.2 Å². The maximum absolute atomic E-state index is 11.3. The quantitative estimate of drug-likeness (QED) is 0.698. The van der Waals surface area contributed by atoms with Crippen molar-refractivity contribution in [3.63, 3.8) is 0 Å². The SMILES string of the molecule is CCOc1cccc(CNC(CN)C(=O)OC)c1. The Morgan fingerprint density at radius 2 is 2.28 bits per heavy atom. The molecule has 0 aliphatic rings. The van der Waals surface area contributed by atoms with Gasteiger partial charge in [0.05, 0.1) is 13.7 Å². The number of rotatable bonds is 7. The maximum Gasteiger partial charge on any atom is 0.324 e. The molecule has 0 aromatic heterocycles. The molecule has 0 heterocycles. The van der Waals surface area contributed by atoms with Gasteiger partial charge in [-0.3, -0.25) is 10.1 Å². The molecule has 5 nitrogen and oxygen atoms in total. The summed E-state index contributed by atoms with van der Waals surface area (Å²) >= 11 is 0. The van der Waals surface area contributed by atoms with Gasteiger partial charge in [-0.2, -0.15) is 0 Å². The zero-order valence-corrected chi connectivity index (χ0v) is 10.8. The Hall–Kier alpha value is -1.59. The van der Waals surface area contributed by atoms with Crippen molar-refractivity contribution in [1.29, 1.82) is 0 Å². The highest BCUT2D eigenvalue weighted by Crippen LogP contribution is 2.13. The van der Waals surface area contributed by atoms with Crippen molar-refractivity contribution < 1.29 is 14.3 Å². The molecular weight excluding hydrogens is 232 g/mol. The van der Waals surface area contributed by atoms with Gasteiger partial charge in [0.25, 0.3) is 0 Å². The number of nitrogens with one attached hydrogen (secondary N) is 1. The number of carbonyl (C=O) groups is 1. The first-order chi connectivity index (χ1) is 8.71. The fourth-order valence-corrected chi connectivity index (χ4v) is 1.56.